The van der Waals surface area contributed by atoms with E-state index in [2.05, 4.69) is 15.4 Å². The van der Waals surface area contributed by atoms with Crippen LogP contribution >= 0.6 is 21.6 Å². The summed E-state index contributed by atoms with van der Waals surface area (Å²) >= 11 is 0. The minimum atomic E-state index is -2.87. The van der Waals surface area contributed by atoms with Crippen molar-refractivity contribution in [1.29, 1.82) is 0 Å². The van der Waals surface area contributed by atoms with Crippen molar-refractivity contribution in [1.82, 2.24) is 10.6 Å². The molecule has 0 saturated carbocycles. The van der Waals surface area contributed by atoms with Crippen LogP contribution in [-0.4, -0.2) is 87.7 Å². The molecule has 2 amide bonds. The highest BCUT2D eigenvalue weighted by Gasteiger charge is 2.07. The van der Waals surface area contributed by atoms with Gasteiger partial charge in [0.05, 0.1) is 5.75 Å². The molecule has 0 heterocycles. The third-order valence-electron chi connectivity index (χ3n) is 4.43. The normalized spacial score (nSPS) is 10.4. The van der Waals surface area contributed by atoms with Gasteiger partial charge in [-0.25, -0.2) is 13.2 Å². The molecule has 0 spiro atoms. The Hall–Kier alpha value is -1.02. The zero-order valence-electron chi connectivity index (χ0n) is 23.2. The highest BCUT2D eigenvalue weighted by molar-refractivity contribution is 8.76. The van der Waals surface area contributed by atoms with Gasteiger partial charge in [0, 0.05) is 44.0 Å². The van der Waals surface area contributed by atoms with Crippen molar-refractivity contribution in [2.75, 3.05) is 56.4 Å². The minimum Gasteiger partial charge on any atom is -0.480 e. The van der Waals surface area contributed by atoms with Gasteiger partial charge >= 0.3 is 5.97 Å². The van der Waals surface area contributed by atoms with Crippen molar-refractivity contribution >= 4 is 49.2 Å². The summed E-state index contributed by atoms with van der Waals surface area (Å²) in [5.41, 5.74) is 5.35. The Morgan fingerprint density at radius 1 is 0.892 bits per heavy atom. The second-order valence-corrected chi connectivity index (χ2v) is 13.1. The van der Waals surface area contributed by atoms with Crippen LogP contribution in [0.1, 0.15) is 78.6 Å². The number of sulfone groups is 1. The molecule has 0 aromatic heterocycles. The molecule has 0 aliphatic carbocycles. The molecule has 0 radical (unpaired) electrons. The van der Waals surface area contributed by atoms with Crippen LogP contribution in [0.4, 0.5) is 0 Å². The van der Waals surface area contributed by atoms with Gasteiger partial charge in [-0.3, -0.25) is 9.59 Å². The number of ether oxygens (including phenoxy) is 1. The lowest BCUT2D eigenvalue weighted by molar-refractivity contribution is -0.142. The van der Waals surface area contributed by atoms with Gasteiger partial charge in [-0.1, -0.05) is 48.8 Å². The maximum atomic E-state index is 11.2. The van der Waals surface area contributed by atoms with E-state index in [1.807, 2.05) is 20.1 Å². The SMILES string of the molecule is CCCNC(=O)CCCCS(=O)(=O)CC.CCCOCC(=O)O.CSSCCNC(=O)CCCCCN. The van der Waals surface area contributed by atoms with E-state index in [4.69, 9.17) is 10.8 Å². The smallest absolute Gasteiger partial charge is 0.329 e. The summed E-state index contributed by atoms with van der Waals surface area (Å²) in [5.74, 6) is 0.655. The lowest BCUT2D eigenvalue weighted by atomic mass is 10.2. The Morgan fingerprint density at radius 3 is 1.97 bits per heavy atom. The van der Waals surface area contributed by atoms with Gasteiger partial charge in [-0.2, -0.15) is 0 Å². The Morgan fingerprint density at radius 2 is 1.49 bits per heavy atom. The summed E-state index contributed by atoms with van der Waals surface area (Å²) in [5, 5.41) is 13.7. The number of carbonyl (C=O) groups excluding carboxylic acids is 2. The molecule has 10 nitrogen and oxygen atoms in total. The molecule has 0 rings (SSSR count). The molecule has 0 aromatic rings. The first kappa shape index (κ1) is 40.5. The van der Waals surface area contributed by atoms with Gasteiger partial charge in [-0.05, 0) is 51.3 Å². The molecule has 0 atom stereocenters. The number of hydrogen-bond acceptors (Lipinski definition) is 9. The van der Waals surface area contributed by atoms with Crippen LogP contribution in [0.15, 0.2) is 0 Å². The largest absolute Gasteiger partial charge is 0.480 e. The highest BCUT2D eigenvalue weighted by Crippen LogP contribution is 2.14. The standard InChI is InChI=1S/C10H21NO3S.C9H20N2OS2.C5H10O3/c1-3-8-11-10(12)7-5-6-9-15(13,14)4-2;1-13-14-8-7-11-9(12)5-3-2-4-6-10;1-2-3-8-4-5(6)7/h3-9H2,1-2H3,(H,11,12);2-8,10H2,1H3,(H,11,12);2-4H2,1H3,(H,6,7). The van der Waals surface area contributed by atoms with Crippen LogP contribution in [-0.2, 0) is 29.0 Å². The number of unbranched alkanes of at least 4 members (excludes halogenated alkanes) is 3. The molecule has 0 unspecified atom stereocenters. The third-order valence-corrected chi connectivity index (χ3v) is 8.03. The van der Waals surface area contributed by atoms with Gasteiger partial charge in [0.15, 0.2) is 0 Å². The summed E-state index contributed by atoms with van der Waals surface area (Å²) in [6.07, 6.45) is 9.17. The molecule has 5 N–H and O–H groups in total. The zero-order chi connectivity index (χ0) is 28.8. The molecule has 0 aliphatic rings. The number of rotatable bonds is 21. The van der Waals surface area contributed by atoms with E-state index in [1.165, 1.54) is 0 Å². The molecule has 0 aromatic carbocycles. The quantitative estimate of drug-likeness (QED) is 0.115. The molecule has 0 aliphatic heterocycles. The number of nitrogens with two attached hydrogens (primary N) is 1. The fraction of sp³-hybridized carbons (Fsp3) is 0.875. The number of carboxylic acid groups (broad SMARTS) is 1. The maximum Gasteiger partial charge on any atom is 0.329 e. The van der Waals surface area contributed by atoms with Gasteiger partial charge in [0.25, 0.3) is 0 Å². The van der Waals surface area contributed by atoms with E-state index < -0.39 is 15.8 Å². The monoisotopic (exact) mass is 589 g/mol. The number of aliphatic carboxylic acids is 1. The van der Waals surface area contributed by atoms with E-state index in [1.54, 1.807) is 28.5 Å². The lowest BCUT2D eigenvalue weighted by Gasteiger charge is -2.03. The Balaban J connectivity index is -0.000000491. The second kappa shape index (κ2) is 31.2. The second-order valence-electron chi connectivity index (χ2n) is 7.93. The van der Waals surface area contributed by atoms with E-state index >= 15 is 0 Å². The molecular formula is C24H51N3O7S3. The molecule has 0 saturated heterocycles. The van der Waals surface area contributed by atoms with Crippen LogP contribution in [0, 0.1) is 0 Å². The maximum absolute atomic E-state index is 11.2. The van der Waals surface area contributed by atoms with Gasteiger partial charge < -0.3 is 26.2 Å². The highest BCUT2D eigenvalue weighted by atomic mass is 33.1. The van der Waals surface area contributed by atoms with Crippen molar-refractivity contribution in [2.45, 2.75) is 78.6 Å². The zero-order valence-corrected chi connectivity index (χ0v) is 25.7. The predicted octanol–water partition coefficient (Wildman–Crippen LogP) is 3.25. The average molecular weight is 590 g/mol. The fourth-order valence-corrected chi connectivity index (χ4v) is 4.45. The van der Waals surface area contributed by atoms with Crippen LogP contribution in [0.2, 0.25) is 0 Å². The van der Waals surface area contributed by atoms with E-state index in [0.29, 0.717) is 38.8 Å². The van der Waals surface area contributed by atoms with E-state index in [0.717, 1.165) is 50.9 Å². The number of carbonyl (C=O) groups is 3. The molecule has 0 fully saturated rings. The topological polar surface area (TPSA) is 165 Å². The Labute approximate surface area is 232 Å². The van der Waals surface area contributed by atoms with Gasteiger partial charge in [0.1, 0.15) is 16.4 Å². The number of amides is 2. The van der Waals surface area contributed by atoms with Crippen molar-refractivity contribution in [2.24, 2.45) is 5.73 Å². The molecule has 13 heteroatoms. The van der Waals surface area contributed by atoms with Gasteiger partial charge in [0.2, 0.25) is 11.8 Å². The number of hydrogen-bond donors (Lipinski definition) is 4. The fourth-order valence-electron chi connectivity index (χ4n) is 2.42. The first-order valence-corrected chi connectivity index (χ1v) is 17.5. The first-order valence-electron chi connectivity index (χ1n) is 13.0. The lowest BCUT2D eigenvalue weighted by Crippen LogP contribution is -2.25. The Bertz CT molecular complexity index is 637. The van der Waals surface area contributed by atoms with Crippen LogP contribution < -0.4 is 16.4 Å². The summed E-state index contributed by atoms with van der Waals surface area (Å²) in [7, 11) is 0.631. The van der Waals surface area contributed by atoms with Crippen LogP contribution in [0.5, 0.6) is 0 Å². The van der Waals surface area contributed by atoms with Crippen molar-refractivity contribution < 1.29 is 32.6 Å². The summed E-state index contributed by atoms with van der Waals surface area (Å²) in [4.78, 5) is 32.1. The van der Waals surface area contributed by atoms with Crippen molar-refractivity contribution in [3.05, 3.63) is 0 Å². The molecular weight excluding hydrogens is 538 g/mol. The summed E-state index contributed by atoms with van der Waals surface area (Å²) in [6, 6.07) is 0. The van der Waals surface area contributed by atoms with Crippen molar-refractivity contribution in [3.63, 3.8) is 0 Å². The average Bonchev–Trinajstić information content (AvgIpc) is 2.86. The van der Waals surface area contributed by atoms with Crippen molar-refractivity contribution in [3.8, 4) is 0 Å². The molecule has 222 valence electrons. The Kier molecular flexibility index (Phi) is 34.1. The minimum absolute atomic E-state index is 0.0192. The summed E-state index contributed by atoms with van der Waals surface area (Å²) in [6.45, 7) is 8.14. The van der Waals surface area contributed by atoms with E-state index in [-0.39, 0.29) is 29.9 Å². The first-order chi connectivity index (χ1) is 17.6. The molecule has 37 heavy (non-hydrogen) atoms. The van der Waals surface area contributed by atoms with Crippen LogP contribution in [0.25, 0.3) is 0 Å². The number of nitrogens with one attached hydrogen (secondary N) is 2. The molecule has 0 bridgehead atoms. The number of carboxylic acids is 1. The predicted molar refractivity (Wildman–Crippen MR) is 157 cm³/mol. The van der Waals surface area contributed by atoms with Gasteiger partial charge in [-0.15, -0.1) is 0 Å². The van der Waals surface area contributed by atoms with Crippen LogP contribution in [0.3, 0.4) is 0 Å². The summed E-state index contributed by atoms with van der Waals surface area (Å²) < 4.78 is 26.9. The van der Waals surface area contributed by atoms with E-state index in [9.17, 15) is 22.8 Å². The third kappa shape index (κ3) is 39.6.